The van der Waals surface area contributed by atoms with Gasteiger partial charge >= 0.3 is 0 Å². The fourth-order valence-corrected chi connectivity index (χ4v) is 4.99. The average Bonchev–Trinajstić information content (AvgIpc) is 3.22. The van der Waals surface area contributed by atoms with Crippen LogP contribution < -0.4 is 5.73 Å². The number of thiophene rings is 1. The van der Waals surface area contributed by atoms with Gasteiger partial charge in [-0.15, -0.1) is 16.4 Å². The molecule has 1 aromatic carbocycles. The lowest BCUT2D eigenvalue weighted by atomic mass is 10.1. The summed E-state index contributed by atoms with van der Waals surface area (Å²) < 4.78 is 1.79. The second-order valence-corrected chi connectivity index (χ2v) is 7.83. The quantitative estimate of drug-likeness (QED) is 0.564. The van der Waals surface area contributed by atoms with Crippen LogP contribution in [0.4, 0.5) is 5.69 Å². The van der Waals surface area contributed by atoms with E-state index in [1.165, 1.54) is 16.9 Å². The number of hydrogen-bond donors (Lipinski definition) is 1. The molecular weight excluding hydrogens is 344 g/mol. The zero-order valence-electron chi connectivity index (χ0n) is 14.6. The maximum absolute atomic E-state index is 6.11. The van der Waals surface area contributed by atoms with E-state index in [0.717, 1.165) is 47.5 Å². The molecule has 0 aliphatic carbocycles. The number of fused-ring (bicyclic) bond motifs is 5. The molecule has 7 heteroatoms. The maximum Gasteiger partial charge on any atom is 0.184 e. The third-order valence-corrected chi connectivity index (χ3v) is 6.12. The van der Waals surface area contributed by atoms with Crippen molar-refractivity contribution in [3.05, 3.63) is 41.0 Å². The number of anilines is 1. The van der Waals surface area contributed by atoms with Gasteiger partial charge in [-0.25, -0.2) is 14.5 Å². The monoisotopic (exact) mass is 364 g/mol. The van der Waals surface area contributed by atoms with Crippen molar-refractivity contribution in [1.29, 1.82) is 0 Å². The number of aromatic nitrogens is 4. The van der Waals surface area contributed by atoms with Gasteiger partial charge in [-0.05, 0) is 37.1 Å². The topological polar surface area (TPSA) is 72.3 Å². The summed E-state index contributed by atoms with van der Waals surface area (Å²) in [5.74, 6) is 0.653. The van der Waals surface area contributed by atoms with Crippen LogP contribution in [0.5, 0.6) is 0 Å². The highest BCUT2D eigenvalue weighted by Crippen LogP contribution is 2.36. The van der Waals surface area contributed by atoms with Crippen molar-refractivity contribution >= 4 is 32.9 Å². The molecule has 4 aromatic rings. The Balaban J connectivity index is 1.68. The van der Waals surface area contributed by atoms with Crippen LogP contribution in [-0.2, 0) is 13.0 Å². The first-order chi connectivity index (χ1) is 12.7. The molecule has 1 aliphatic rings. The van der Waals surface area contributed by atoms with Crippen molar-refractivity contribution < 1.29 is 0 Å². The van der Waals surface area contributed by atoms with Crippen LogP contribution in [0.2, 0.25) is 0 Å². The standard InChI is InChI=1S/C19H20N6S/c1-2-8-24-9-7-13-15(10-24)26-19-16(13)18-22-17(23-25(18)11-21-19)12-5-3-4-6-14(12)20/h3-6,11H,2,7-10,20H2,1H3. The van der Waals surface area contributed by atoms with Gasteiger partial charge in [0.05, 0.1) is 5.39 Å². The van der Waals surface area contributed by atoms with Gasteiger partial charge in [-0.1, -0.05) is 19.1 Å². The number of benzene rings is 1. The lowest BCUT2D eigenvalue weighted by Gasteiger charge is -2.26. The molecule has 0 bridgehead atoms. The average molecular weight is 364 g/mol. The zero-order valence-corrected chi connectivity index (χ0v) is 15.5. The van der Waals surface area contributed by atoms with E-state index in [2.05, 4.69) is 21.9 Å². The number of rotatable bonds is 3. The van der Waals surface area contributed by atoms with Gasteiger partial charge in [0.1, 0.15) is 11.2 Å². The summed E-state index contributed by atoms with van der Waals surface area (Å²) in [6.45, 7) is 5.50. The number of nitrogens with zero attached hydrogens (tertiary/aromatic N) is 5. The van der Waals surface area contributed by atoms with Gasteiger partial charge in [-0.2, -0.15) is 0 Å². The summed E-state index contributed by atoms with van der Waals surface area (Å²) in [6, 6.07) is 7.72. The van der Waals surface area contributed by atoms with E-state index in [-0.39, 0.29) is 0 Å². The molecule has 0 amide bonds. The molecule has 0 unspecified atom stereocenters. The molecule has 132 valence electrons. The van der Waals surface area contributed by atoms with E-state index < -0.39 is 0 Å². The van der Waals surface area contributed by atoms with Gasteiger partial charge in [0, 0.05) is 29.2 Å². The Morgan fingerprint density at radius 2 is 2.15 bits per heavy atom. The molecule has 0 saturated carbocycles. The van der Waals surface area contributed by atoms with Crippen molar-refractivity contribution in [2.24, 2.45) is 0 Å². The molecule has 26 heavy (non-hydrogen) atoms. The zero-order chi connectivity index (χ0) is 17.7. The highest BCUT2D eigenvalue weighted by Gasteiger charge is 2.24. The van der Waals surface area contributed by atoms with Crippen molar-refractivity contribution in [2.75, 3.05) is 18.8 Å². The minimum atomic E-state index is 0.653. The Morgan fingerprint density at radius 1 is 1.27 bits per heavy atom. The van der Waals surface area contributed by atoms with Crippen molar-refractivity contribution in [1.82, 2.24) is 24.5 Å². The Labute approximate surface area is 155 Å². The molecule has 2 N–H and O–H groups in total. The summed E-state index contributed by atoms with van der Waals surface area (Å²) in [6.07, 6.45) is 4.00. The molecule has 6 nitrogen and oxygen atoms in total. The largest absolute Gasteiger partial charge is 0.398 e. The lowest BCUT2D eigenvalue weighted by Crippen LogP contribution is -2.30. The molecular formula is C19H20N6S. The molecule has 1 aliphatic heterocycles. The fraction of sp³-hybridized carbons (Fsp3) is 0.316. The summed E-state index contributed by atoms with van der Waals surface area (Å²) in [5.41, 5.74) is 9.95. The fourth-order valence-electron chi connectivity index (χ4n) is 3.77. The van der Waals surface area contributed by atoms with E-state index in [4.69, 9.17) is 10.7 Å². The van der Waals surface area contributed by atoms with E-state index in [1.807, 2.05) is 24.3 Å². The summed E-state index contributed by atoms with van der Waals surface area (Å²) >= 11 is 1.79. The van der Waals surface area contributed by atoms with Crippen LogP contribution in [-0.4, -0.2) is 37.6 Å². The third-order valence-electron chi connectivity index (χ3n) is 5.00. The summed E-state index contributed by atoms with van der Waals surface area (Å²) in [5, 5.41) is 5.79. The Hall–Kier alpha value is -2.51. The van der Waals surface area contributed by atoms with Crippen LogP contribution in [0.1, 0.15) is 23.8 Å². The van der Waals surface area contributed by atoms with Gasteiger partial charge in [-0.3, -0.25) is 4.90 Å². The Kier molecular flexibility index (Phi) is 3.65. The SMILES string of the molecule is CCCN1CCc2c(sc3ncn4nc(-c5ccccc5N)nc4c23)C1. The molecule has 5 rings (SSSR count). The van der Waals surface area contributed by atoms with E-state index in [0.29, 0.717) is 11.5 Å². The van der Waals surface area contributed by atoms with Crippen LogP contribution in [0.25, 0.3) is 27.3 Å². The predicted molar refractivity (Wildman–Crippen MR) is 105 cm³/mol. The molecule has 3 aromatic heterocycles. The third kappa shape index (κ3) is 2.39. The Bertz CT molecular complexity index is 1110. The molecule has 0 spiro atoms. The predicted octanol–water partition coefficient (Wildman–Crippen LogP) is 3.36. The van der Waals surface area contributed by atoms with E-state index >= 15 is 0 Å². The first-order valence-electron chi connectivity index (χ1n) is 8.97. The Morgan fingerprint density at radius 3 is 3.00 bits per heavy atom. The minimum Gasteiger partial charge on any atom is -0.398 e. The second-order valence-electron chi connectivity index (χ2n) is 6.75. The summed E-state index contributed by atoms with van der Waals surface area (Å²) in [7, 11) is 0. The van der Waals surface area contributed by atoms with Crippen LogP contribution >= 0.6 is 11.3 Å². The first-order valence-corrected chi connectivity index (χ1v) is 9.79. The van der Waals surface area contributed by atoms with Crippen LogP contribution in [0, 0.1) is 0 Å². The van der Waals surface area contributed by atoms with E-state index in [9.17, 15) is 0 Å². The van der Waals surface area contributed by atoms with Crippen molar-refractivity contribution in [3.8, 4) is 11.4 Å². The van der Waals surface area contributed by atoms with Crippen LogP contribution in [0.3, 0.4) is 0 Å². The number of nitrogens with two attached hydrogens (primary N) is 1. The molecule has 0 saturated heterocycles. The van der Waals surface area contributed by atoms with Gasteiger partial charge < -0.3 is 5.73 Å². The van der Waals surface area contributed by atoms with Gasteiger partial charge in [0.2, 0.25) is 0 Å². The molecule has 4 heterocycles. The van der Waals surface area contributed by atoms with E-state index in [1.54, 1.807) is 22.2 Å². The van der Waals surface area contributed by atoms with Crippen molar-refractivity contribution in [3.63, 3.8) is 0 Å². The normalized spacial score (nSPS) is 15.0. The van der Waals surface area contributed by atoms with Crippen molar-refractivity contribution in [2.45, 2.75) is 26.3 Å². The molecule has 0 atom stereocenters. The maximum atomic E-state index is 6.11. The first kappa shape index (κ1) is 15.7. The second kappa shape index (κ2) is 6.03. The molecule has 0 fully saturated rings. The lowest BCUT2D eigenvalue weighted by molar-refractivity contribution is 0.258. The molecule has 0 radical (unpaired) electrons. The summed E-state index contributed by atoms with van der Waals surface area (Å²) in [4.78, 5) is 14.5. The highest BCUT2D eigenvalue weighted by atomic mass is 32.1. The number of hydrogen-bond acceptors (Lipinski definition) is 6. The number of nitrogen functional groups attached to an aromatic ring is 1. The highest BCUT2D eigenvalue weighted by molar-refractivity contribution is 7.19. The smallest absolute Gasteiger partial charge is 0.184 e. The van der Waals surface area contributed by atoms with Gasteiger partial charge in [0.15, 0.2) is 11.5 Å². The van der Waals surface area contributed by atoms with Crippen LogP contribution in [0.15, 0.2) is 30.6 Å². The minimum absolute atomic E-state index is 0.653. The van der Waals surface area contributed by atoms with Gasteiger partial charge in [0.25, 0.3) is 0 Å². The number of para-hydroxylation sites is 1.